The van der Waals surface area contributed by atoms with Crippen LogP contribution in [-0.4, -0.2) is 31.4 Å². The molecule has 140 valence electrons. The standard InChI is InChI=1S/C18H21ClN8/c1-10-13(8-26(24-10)18(2,3)9-20)22-17-23-16(21-4)15-12(19)7-14(11-5-6-11)27(15)25-17/h7-8,11H,5-6H2,1-4H3,(H2,21,22,23,25). The molecule has 0 bridgehead atoms. The van der Waals surface area contributed by atoms with Crippen LogP contribution < -0.4 is 10.6 Å². The maximum Gasteiger partial charge on any atom is 0.247 e. The van der Waals surface area contributed by atoms with E-state index in [1.807, 2.05) is 38.4 Å². The van der Waals surface area contributed by atoms with Crippen LogP contribution in [0.25, 0.3) is 5.52 Å². The normalized spacial score (nSPS) is 14.4. The molecule has 27 heavy (non-hydrogen) atoms. The topological polar surface area (TPSA) is 95.9 Å². The largest absolute Gasteiger partial charge is 0.371 e. The van der Waals surface area contributed by atoms with Crippen LogP contribution in [0.3, 0.4) is 0 Å². The molecule has 0 unspecified atom stereocenters. The number of rotatable bonds is 5. The molecule has 3 aromatic heterocycles. The Labute approximate surface area is 162 Å². The number of fused-ring (bicyclic) bond motifs is 1. The first-order valence-corrected chi connectivity index (χ1v) is 9.24. The predicted octanol–water partition coefficient (Wildman–Crippen LogP) is 3.81. The third-order valence-corrected chi connectivity index (χ3v) is 5.11. The molecule has 1 saturated carbocycles. The van der Waals surface area contributed by atoms with Crippen LogP contribution in [-0.2, 0) is 5.54 Å². The van der Waals surface area contributed by atoms with E-state index in [0.29, 0.717) is 22.7 Å². The molecule has 3 aromatic rings. The molecular weight excluding hydrogens is 364 g/mol. The van der Waals surface area contributed by atoms with Gasteiger partial charge in [-0.15, -0.1) is 5.10 Å². The van der Waals surface area contributed by atoms with Crippen LogP contribution >= 0.6 is 11.6 Å². The number of aromatic nitrogens is 5. The smallest absolute Gasteiger partial charge is 0.247 e. The first kappa shape index (κ1) is 17.6. The lowest BCUT2D eigenvalue weighted by Crippen LogP contribution is -2.24. The van der Waals surface area contributed by atoms with E-state index >= 15 is 0 Å². The van der Waals surface area contributed by atoms with Gasteiger partial charge in [-0.2, -0.15) is 15.3 Å². The molecule has 1 fully saturated rings. The average Bonchev–Trinajstić information content (AvgIpc) is 3.35. The molecule has 0 radical (unpaired) electrons. The van der Waals surface area contributed by atoms with Crippen molar-refractivity contribution < 1.29 is 0 Å². The van der Waals surface area contributed by atoms with Crippen molar-refractivity contribution >= 4 is 34.6 Å². The van der Waals surface area contributed by atoms with Gasteiger partial charge in [0.15, 0.2) is 5.82 Å². The number of anilines is 3. The molecule has 0 amide bonds. The number of nitrogens with zero attached hydrogens (tertiary/aromatic N) is 6. The second-order valence-electron chi connectivity index (χ2n) is 7.35. The van der Waals surface area contributed by atoms with Crippen molar-refractivity contribution in [2.24, 2.45) is 0 Å². The summed E-state index contributed by atoms with van der Waals surface area (Å²) in [5.74, 6) is 1.60. The van der Waals surface area contributed by atoms with E-state index in [2.05, 4.69) is 31.9 Å². The minimum Gasteiger partial charge on any atom is -0.371 e. The molecule has 1 aliphatic carbocycles. The van der Waals surface area contributed by atoms with Gasteiger partial charge in [0.05, 0.1) is 28.7 Å². The molecule has 3 heterocycles. The highest BCUT2D eigenvalue weighted by atomic mass is 35.5. The molecule has 0 aromatic carbocycles. The van der Waals surface area contributed by atoms with Gasteiger partial charge in [0.1, 0.15) is 11.1 Å². The summed E-state index contributed by atoms with van der Waals surface area (Å²) in [7, 11) is 1.81. The maximum atomic E-state index is 9.33. The minimum absolute atomic E-state index is 0.443. The molecular formula is C18H21ClN8. The molecule has 9 heteroatoms. The van der Waals surface area contributed by atoms with Gasteiger partial charge in [-0.25, -0.2) is 4.52 Å². The highest BCUT2D eigenvalue weighted by molar-refractivity contribution is 6.34. The van der Waals surface area contributed by atoms with E-state index in [1.165, 1.54) is 0 Å². The van der Waals surface area contributed by atoms with Crippen LogP contribution in [0.2, 0.25) is 5.02 Å². The van der Waals surface area contributed by atoms with E-state index < -0.39 is 5.54 Å². The number of nitriles is 1. The van der Waals surface area contributed by atoms with E-state index in [-0.39, 0.29) is 0 Å². The van der Waals surface area contributed by atoms with Gasteiger partial charge in [-0.05, 0) is 39.7 Å². The summed E-state index contributed by atoms with van der Waals surface area (Å²) in [4.78, 5) is 4.56. The SMILES string of the molecule is CNc1nc(Nc2cn(C(C)(C)C#N)nc2C)nn2c(C3CC3)cc(Cl)c12. The Morgan fingerprint density at radius 3 is 2.70 bits per heavy atom. The molecule has 8 nitrogen and oxygen atoms in total. The van der Waals surface area contributed by atoms with Crippen molar-refractivity contribution in [2.75, 3.05) is 17.7 Å². The Bertz CT molecular complexity index is 1070. The van der Waals surface area contributed by atoms with Crippen LogP contribution in [0.4, 0.5) is 17.5 Å². The second kappa shape index (κ2) is 6.13. The van der Waals surface area contributed by atoms with Crippen molar-refractivity contribution in [1.29, 1.82) is 5.26 Å². The average molecular weight is 385 g/mol. The molecule has 2 N–H and O–H groups in total. The fraction of sp³-hybridized carbons (Fsp3) is 0.444. The summed E-state index contributed by atoms with van der Waals surface area (Å²) in [6.07, 6.45) is 4.11. The van der Waals surface area contributed by atoms with Crippen molar-refractivity contribution in [1.82, 2.24) is 24.4 Å². The third-order valence-electron chi connectivity index (χ3n) is 4.82. The summed E-state index contributed by atoms with van der Waals surface area (Å²) < 4.78 is 3.52. The Morgan fingerprint density at radius 1 is 1.33 bits per heavy atom. The fourth-order valence-electron chi connectivity index (χ4n) is 3.02. The van der Waals surface area contributed by atoms with E-state index in [1.54, 1.807) is 10.9 Å². The van der Waals surface area contributed by atoms with E-state index in [9.17, 15) is 5.26 Å². The molecule has 0 aliphatic heterocycles. The minimum atomic E-state index is -0.737. The number of halogens is 1. The van der Waals surface area contributed by atoms with Crippen molar-refractivity contribution in [2.45, 2.75) is 45.1 Å². The number of hydrogen-bond acceptors (Lipinski definition) is 6. The van der Waals surface area contributed by atoms with Gasteiger partial charge in [0.2, 0.25) is 5.95 Å². The zero-order valence-electron chi connectivity index (χ0n) is 15.7. The summed E-state index contributed by atoms with van der Waals surface area (Å²) in [6, 6.07) is 4.23. The molecule has 0 spiro atoms. The van der Waals surface area contributed by atoms with Gasteiger partial charge < -0.3 is 10.6 Å². The number of hydrogen-bond donors (Lipinski definition) is 2. The quantitative estimate of drug-likeness (QED) is 0.694. The molecule has 1 aliphatic rings. The summed E-state index contributed by atoms with van der Waals surface area (Å²) in [5, 5.41) is 25.4. The van der Waals surface area contributed by atoms with Gasteiger partial charge in [0, 0.05) is 18.7 Å². The van der Waals surface area contributed by atoms with E-state index in [0.717, 1.165) is 35.4 Å². The first-order chi connectivity index (χ1) is 12.8. The van der Waals surface area contributed by atoms with Crippen LogP contribution in [0.5, 0.6) is 0 Å². The van der Waals surface area contributed by atoms with Gasteiger partial charge in [-0.3, -0.25) is 4.68 Å². The fourth-order valence-corrected chi connectivity index (χ4v) is 3.31. The number of nitrogens with one attached hydrogen (secondary N) is 2. The van der Waals surface area contributed by atoms with Crippen LogP contribution in [0.1, 0.15) is 44.0 Å². The highest BCUT2D eigenvalue weighted by Crippen LogP contribution is 2.43. The molecule has 0 atom stereocenters. The predicted molar refractivity (Wildman–Crippen MR) is 105 cm³/mol. The lowest BCUT2D eigenvalue weighted by atomic mass is 10.1. The van der Waals surface area contributed by atoms with Crippen molar-refractivity contribution in [3.63, 3.8) is 0 Å². The summed E-state index contributed by atoms with van der Waals surface area (Å²) in [5.41, 5.74) is 2.67. The van der Waals surface area contributed by atoms with Crippen LogP contribution in [0, 0.1) is 18.3 Å². The second-order valence-corrected chi connectivity index (χ2v) is 7.76. The van der Waals surface area contributed by atoms with Crippen molar-refractivity contribution in [3.05, 3.63) is 28.7 Å². The zero-order chi connectivity index (χ0) is 19.3. The summed E-state index contributed by atoms with van der Waals surface area (Å²) in [6.45, 7) is 5.51. The Kier molecular flexibility index (Phi) is 4.00. The lowest BCUT2D eigenvalue weighted by molar-refractivity contribution is 0.416. The van der Waals surface area contributed by atoms with E-state index in [4.69, 9.17) is 11.6 Å². The molecule has 4 rings (SSSR count). The van der Waals surface area contributed by atoms with Gasteiger partial charge in [-0.1, -0.05) is 11.6 Å². The maximum absolute atomic E-state index is 9.33. The monoisotopic (exact) mass is 384 g/mol. The van der Waals surface area contributed by atoms with Gasteiger partial charge >= 0.3 is 0 Å². The Hall–Kier alpha value is -2.79. The molecule has 0 saturated heterocycles. The van der Waals surface area contributed by atoms with Gasteiger partial charge in [0.25, 0.3) is 0 Å². The lowest BCUT2D eigenvalue weighted by Gasteiger charge is -2.15. The zero-order valence-corrected chi connectivity index (χ0v) is 16.5. The number of aryl methyl sites for hydroxylation is 1. The third kappa shape index (κ3) is 2.98. The highest BCUT2D eigenvalue weighted by Gasteiger charge is 2.29. The first-order valence-electron chi connectivity index (χ1n) is 8.86. The Morgan fingerprint density at radius 2 is 2.07 bits per heavy atom. The summed E-state index contributed by atoms with van der Waals surface area (Å²) >= 11 is 6.44. The van der Waals surface area contributed by atoms with Crippen molar-refractivity contribution in [3.8, 4) is 6.07 Å². The Balaban J connectivity index is 1.77. The van der Waals surface area contributed by atoms with Crippen LogP contribution in [0.15, 0.2) is 12.3 Å².